The monoisotopic (exact) mass is 1500 g/mol. The summed E-state index contributed by atoms with van der Waals surface area (Å²) in [6, 6.07) is 0. The van der Waals surface area contributed by atoms with Crippen molar-refractivity contribution in [3.05, 3.63) is 0 Å². The molecule has 0 unspecified atom stereocenters. The fraction of sp³-hybridized carbons (Fsp3) is 0. The Morgan fingerprint density at radius 1 is 0.250 bits per heavy atom. The van der Waals surface area contributed by atoms with Crippen LogP contribution in [0.15, 0.2) is 0 Å². The third-order valence-corrected chi connectivity index (χ3v) is 0. The van der Waals surface area contributed by atoms with Crippen molar-refractivity contribution in [2.75, 3.05) is 0 Å². The van der Waals surface area contributed by atoms with Gasteiger partial charge >= 0.3 is 299 Å². The Morgan fingerprint density at radius 2 is 0.250 bits per heavy atom. The Kier molecular flexibility index (Phi) is 80.8. The second kappa shape index (κ2) is 37.1. The maximum absolute atomic E-state index is 10.2. The Labute approximate surface area is 293 Å². The first-order valence-electron chi connectivity index (χ1n) is 4.30. The molecule has 0 fully saturated rings. The summed E-state index contributed by atoms with van der Waals surface area (Å²) in [5.41, 5.74) is 0. The molecule has 0 aliphatic carbocycles. The van der Waals surface area contributed by atoms with Gasteiger partial charge in [-0.05, 0) is 0 Å². The molecule has 0 aromatic carbocycles. The third kappa shape index (κ3) is 1720. The summed E-state index contributed by atoms with van der Waals surface area (Å²) < 4.78 is 215. The van der Waals surface area contributed by atoms with Gasteiger partial charge in [-0.2, -0.15) is 0 Å². The molecule has 36 heavy (non-hydrogen) atoms. The van der Waals surface area contributed by atoms with Crippen molar-refractivity contribution >= 4 is 121 Å². The Morgan fingerprint density at radius 3 is 0.250 bits per heavy atom. The van der Waals surface area contributed by atoms with Crippen molar-refractivity contribution in [3.8, 4) is 0 Å². The van der Waals surface area contributed by atoms with Crippen LogP contribution in [0.3, 0.4) is 0 Å². The van der Waals surface area contributed by atoms with E-state index in [9.17, 15) is 16.9 Å². The summed E-state index contributed by atoms with van der Waals surface area (Å²) >= 11 is -38.1. The number of halogens is 6. The molecule has 0 bridgehead atoms. The molecular formula is Cu6F6O18Sb6. The first-order chi connectivity index (χ1) is 12.0. The van der Waals surface area contributed by atoms with Crippen molar-refractivity contribution < 1.29 is 178 Å². The van der Waals surface area contributed by atoms with E-state index < -0.39 is 121 Å². The summed E-state index contributed by atoms with van der Waals surface area (Å²) in [6.07, 6.45) is 0. The first kappa shape index (κ1) is 78.4. The van der Waals surface area contributed by atoms with Crippen LogP contribution in [-0.4, -0.2) is 121 Å². The van der Waals surface area contributed by atoms with Crippen molar-refractivity contribution in [3.63, 3.8) is 0 Å². The molecule has 0 aromatic rings. The van der Waals surface area contributed by atoms with Crippen molar-refractivity contribution in [1.82, 2.24) is 0 Å². The molecule has 0 aliphatic rings. The van der Waals surface area contributed by atoms with E-state index in [1.54, 1.807) is 0 Å². The van der Waals surface area contributed by atoms with Gasteiger partial charge in [0.1, 0.15) is 0 Å². The van der Waals surface area contributed by atoms with E-state index in [0.717, 1.165) is 0 Å². The molecule has 0 saturated heterocycles. The summed E-state index contributed by atoms with van der Waals surface area (Å²) in [4.78, 5) is 0. The van der Waals surface area contributed by atoms with E-state index in [2.05, 4.69) is 0 Å². The zero-order chi connectivity index (χ0) is 27.0. The van der Waals surface area contributed by atoms with Gasteiger partial charge in [-0.3, -0.25) is 0 Å². The predicted molar refractivity (Wildman–Crippen MR) is 45.3 cm³/mol. The topological polar surface area (TPSA) is 379 Å². The van der Waals surface area contributed by atoms with Crippen LogP contribution in [0.4, 0.5) is 16.9 Å². The van der Waals surface area contributed by atoms with Crippen molar-refractivity contribution in [2.24, 2.45) is 0 Å². The first-order valence-corrected chi connectivity index (χ1v) is 28.8. The van der Waals surface area contributed by atoms with Gasteiger partial charge < -0.3 is 0 Å². The Balaban J connectivity index is -0.0000000186. The van der Waals surface area contributed by atoms with Gasteiger partial charge in [0.25, 0.3) is 0 Å². The predicted octanol–water partition coefficient (Wildman–Crippen LogP) is -14.8. The van der Waals surface area contributed by atoms with Crippen LogP contribution in [0, 0.1) is 0 Å². The molecule has 0 rings (SSSR count). The molecule has 0 aromatic heterocycles. The SMILES string of the molecule is [Cu+2].[Cu+2].[Cu+2].[Cu+2].[Cu+2].[Cu+2].[O]=[Sb]([O-])([O-])[F].[O]=[Sb]([O-])([O-])[F].[O]=[Sb]([O-])([O-])[F].[O]=[Sb]([O-])([O-])[F].[O]=[Sb]([O-])([O-])[F].[O]=[Sb]([O-])([O-])[F]. The fourth-order valence-corrected chi connectivity index (χ4v) is 0. The zero-order valence-corrected chi connectivity index (χ0v) is 35.1. The van der Waals surface area contributed by atoms with E-state index >= 15 is 0 Å². The van der Waals surface area contributed by atoms with E-state index in [0.29, 0.717) is 0 Å². The van der Waals surface area contributed by atoms with Gasteiger partial charge in [0.05, 0.1) is 0 Å². The third-order valence-electron chi connectivity index (χ3n) is 0. The zero-order valence-electron chi connectivity index (χ0n) is 14.1. The van der Waals surface area contributed by atoms with Crippen LogP contribution >= 0.6 is 0 Å². The van der Waals surface area contributed by atoms with Gasteiger partial charge in [0.15, 0.2) is 0 Å². The van der Waals surface area contributed by atoms with Gasteiger partial charge in [-0.25, -0.2) is 0 Å². The van der Waals surface area contributed by atoms with Crippen molar-refractivity contribution in [1.29, 1.82) is 0 Å². The Hall–Kier alpha value is 5.93. The van der Waals surface area contributed by atoms with Crippen molar-refractivity contribution in [2.45, 2.75) is 0 Å². The van der Waals surface area contributed by atoms with Crippen LogP contribution in [-0.2, 0) is 121 Å². The standard InChI is InChI=1S/6Cu.6FH.18O.6Sb/h;;;;;;6*1H;;;;;;;;;;;;;;;;;;;;;;;;/q6*+2;;;;;;;;;;;;;12*-1;6*+1/p-6. The Bertz CT molecular complexity index is 497. The molecule has 0 heterocycles. The van der Waals surface area contributed by atoms with E-state index in [4.69, 9.17) is 58.7 Å². The van der Waals surface area contributed by atoms with Crippen LogP contribution in [0.1, 0.15) is 0 Å². The minimum atomic E-state index is -6.35. The molecule has 0 aliphatic heterocycles. The number of hydrogen-bond donors (Lipinski definition) is 0. The van der Waals surface area contributed by atoms with E-state index in [1.165, 1.54) is 0 Å². The summed E-state index contributed by atoms with van der Waals surface area (Å²) in [6.45, 7) is 0. The number of hydrogen-bond acceptors (Lipinski definition) is 18. The molecule has 6 radical (unpaired) electrons. The van der Waals surface area contributed by atoms with Gasteiger partial charge in [0, 0.05) is 0 Å². The summed E-state index contributed by atoms with van der Waals surface area (Å²) in [7, 11) is 0. The minimum absolute atomic E-state index is 0. The van der Waals surface area contributed by atoms with Gasteiger partial charge in [0.2, 0.25) is 0 Å². The molecule has 18 nitrogen and oxygen atoms in total. The van der Waals surface area contributed by atoms with Crippen LogP contribution in [0.25, 0.3) is 0 Å². The quantitative estimate of drug-likeness (QED) is 0.161. The van der Waals surface area contributed by atoms with E-state index in [-0.39, 0.29) is 102 Å². The fourth-order valence-electron chi connectivity index (χ4n) is 0. The molecule has 246 valence electrons. The normalized spacial score (nSPS) is 9.83. The van der Waals surface area contributed by atoms with Gasteiger partial charge in [-0.15, -0.1) is 0 Å². The molecule has 0 N–H and O–H groups in total. The van der Waals surface area contributed by atoms with Gasteiger partial charge in [-0.1, -0.05) is 0 Å². The second-order valence-electron chi connectivity index (χ2n) is 2.58. The maximum atomic E-state index is 10.2. The summed E-state index contributed by atoms with van der Waals surface area (Å²) in [5, 5.41) is 0. The average molecular weight is 1510 g/mol. The van der Waals surface area contributed by atoms with E-state index in [1.807, 2.05) is 0 Å². The average Bonchev–Trinajstić information content (AvgIpc) is 1.94. The van der Waals surface area contributed by atoms with Crippen LogP contribution < -0.4 is 40.6 Å². The molecular weight excluding hydrogens is 1510 g/mol. The molecule has 36 heteroatoms. The molecule has 0 saturated carbocycles. The number of rotatable bonds is 0. The molecule has 0 spiro atoms. The van der Waals surface area contributed by atoms with Crippen LogP contribution in [0.5, 0.6) is 0 Å². The molecule has 0 amide bonds. The second-order valence-corrected chi connectivity index (χ2v) is 17.3. The summed E-state index contributed by atoms with van der Waals surface area (Å²) in [5.74, 6) is 0. The van der Waals surface area contributed by atoms with Crippen LogP contribution in [0.2, 0.25) is 0 Å². The molecule has 0 atom stereocenters.